The Bertz CT molecular complexity index is 458. The topological polar surface area (TPSA) is 43.8 Å². The first kappa shape index (κ1) is 15.5. The van der Waals surface area contributed by atoms with Crippen molar-refractivity contribution in [3.63, 3.8) is 0 Å². The minimum atomic E-state index is -0.719. The number of carboxylic acid groups (broad SMARTS) is 1. The van der Waals surface area contributed by atoms with E-state index in [1.165, 1.54) is 9.75 Å². The number of carbonyl (C=O) groups is 1. The van der Waals surface area contributed by atoms with Crippen LogP contribution in [-0.4, -0.2) is 53.6 Å². The highest BCUT2D eigenvalue weighted by atomic mass is 32.1. The van der Waals surface area contributed by atoms with Crippen LogP contribution in [0.2, 0.25) is 0 Å². The molecule has 1 N–H and O–H groups in total. The van der Waals surface area contributed by atoms with Crippen LogP contribution in [0, 0.1) is 5.92 Å². The summed E-state index contributed by atoms with van der Waals surface area (Å²) in [6.07, 6.45) is 1.13. The number of hydrogen-bond donors (Lipinski definition) is 1. The largest absolute Gasteiger partial charge is 0.480 e. The number of aliphatic carboxylic acids is 1. The van der Waals surface area contributed by atoms with E-state index < -0.39 is 5.97 Å². The van der Waals surface area contributed by atoms with Crippen LogP contribution in [-0.2, 0) is 17.8 Å². The van der Waals surface area contributed by atoms with E-state index in [1.54, 1.807) is 0 Å². The molecule has 1 aromatic heterocycles. The van der Waals surface area contributed by atoms with Gasteiger partial charge in [-0.15, -0.1) is 11.3 Å². The fourth-order valence-electron chi connectivity index (χ4n) is 2.58. The maximum Gasteiger partial charge on any atom is 0.322 e. The van der Waals surface area contributed by atoms with Crippen molar-refractivity contribution in [1.82, 2.24) is 9.80 Å². The number of carboxylic acids is 1. The Hall–Kier alpha value is -0.910. The molecule has 0 spiro atoms. The van der Waals surface area contributed by atoms with Crippen LogP contribution in [0.1, 0.15) is 23.6 Å². The molecule has 20 heavy (non-hydrogen) atoms. The van der Waals surface area contributed by atoms with E-state index in [0.717, 1.165) is 26.1 Å². The van der Waals surface area contributed by atoms with Crippen LogP contribution in [0.3, 0.4) is 0 Å². The molecule has 1 aromatic rings. The number of hydrogen-bond acceptors (Lipinski definition) is 4. The van der Waals surface area contributed by atoms with E-state index in [-0.39, 0.29) is 6.04 Å². The first-order valence-electron chi connectivity index (χ1n) is 7.18. The first-order valence-corrected chi connectivity index (χ1v) is 8.00. The molecule has 1 aliphatic heterocycles. The van der Waals surface area contributed by atoms with Crippen molar-refractivity contribution in [3.05, 3.63) is 21.9 Å². The van der Waals surface area contributed by atoms with Crippen LogP contribution in [0.15, 0.2) is 12.1 Å². The Labute approximate surface area is 125 Å². The van der Waals surface area contributed by atoms with Gasteiger partial charge in [-0.1, -0.05) is 13.8 Å². The van der Waals surface area contributed by atoms with Crippen molar-refractivity contribution >= 4 is 17.3 Å². The minimum Gasteiger partial charge on any atom is -0.480 e. The third-order valence-electron chi connectivity index (χ3n) is 3.72. The Balaban J connectivity index is 1.93. The van der Waals surface area contributed by atoms with Crippen molar-refractivity contribution in [3.8, 4) is 0 Å². The predicted octanol–water partition coefficient (Wildman–Crippen LogP) is 2.15. The third-order valence-corrected chi connectivity index (χ3v) is 4.82. The van der Waals surface area contributed by atoms with Crippen molar-refractivity contribution in [2.24, 2.45) is 5.92 Å². The molecule has 5 heteroatoms. The number of thiophene rings is 1. The van der Waals surface area contributed by atoms with Gasteiger partial charge in [0.1, 0.15) is 6.04 Å². The molecule has 2 rings (SSSR count). The number of rotatable bonds is 5. The molecule has 0 bridgehead atoms. The highest BCUT2D eigenvalue weighted by molar-refractivity contribution is 7.11. The van der Waals surface area contributed by atoms with Gasteiger partial charge in [0.15, 0.2) is 0 Å². The minimum absolute atomic E-state index is 0.376. The number of nitrogens with zero attached hydrogens (tertiary/aromatic N) is 2. The van der Waals surface area contributed by atoms with E-state index in [9.17, 15) is 9.90 Å². The normalized spacial score (nSPS) is 21.5. The average molecular weight is 296 g/mol. The summed E-state index contributed by atoms with van der Waals surface area (Å²) in [5, 5.41) is 9.23. The maximum atomic E-state index is 11.2. The summed E-state index contributed by atoms with van der Waals surface area (Å²) in [5.74, 6) is -0.0367. The van der Waals surface area contributed by atoms with Gasteiger partial charge < -0.3 is 5.11 Å². The zero-order valence-corrected chi connectivity index (χ0v) is 13.3. The fraction of sp³-hybridized carbons (Fsp3) is 0.667. The molecule has 0 aliphatic carbocycles. The molecule has 0 saturated carbocycles. The smallest absolute Gasteiger partial charge is 0.322 e. The lowest BCUT2D eigenvalue weighted by Crippen LogP contribution is -2.54. The molecule has 0 amide bonds. The van der Waals surface area contributed by atoms with Gasteiger partial charge in [-0.05, 0) is 31.5 Å². The Kier molecular flexibility index (Phi) is 5.18. The van der Waals surface area contributed by atoms with Crippen LogP contribution < -0.4 is 0 Å². The van der Waals surface area contributed by atoms with Crippen LogP contribution >= 0.6 is 11.3 Å². The van der Waals surface area contributed by atoms with Crippen molar-refractivity contribution in [1.29, 1.82) is 0 Å². The van der Waals surface area contributed by atoms with Gasteiger partial charge >= 0.3 is 5.97 Å². The van der Waals surface area contributed by atoms with E-state index in [0.29, 0.717) is 12.5 Å². The molecule has 1 unspecified atom stereocenters. The van der Waals surface area contributed by atoms with Crippen molar-refractivity contribution in [2.75, 3.05) is 26.7 Å². The zero-order valence-electron chi connectivity index (χ0n) is 12.5. The Morgan fingerprint density at radius 2 is 2.10 bits per heavy atom. The summed E-state index contributed by atoms with van der Waals surface area (Å²) in [5.41, 5.74) is 0. The van der Waals surface area contributed by atoms with Gasteiger partial charge in [0.25, 0.3) is 0 Å². The predicted molar refractivity (Wildman–Crippen MR) is 82.2 cm³/mol. The zero-order chi connectivity index (χ0) is 14.7. The summed E-state index contributed by atoms with van der Waals surface area (Å²) in [6.45, 7) is 7.72. The van der Waals surface area contributed by atoms with Gasteiger partial charge in [-0.25, -0.2) is 0 Å². The van der Waals surface area contributed by atoms with Gasteiger partial charge in [0, 0.05) is 35.9 Å². The summed E-state index contributed by atoms with van der Waals surface area (Å²) in [7, 11) is 1.89. The van der Waals surface area contributed by atoms with Crippen LogP contribution in [0.5, 0.6) is 0 Å². The van der Waals surface area contributed by atoms with Crippen molar-refractivity contribution in [2.45, 2.75) is 32.9 Å². The summed E-state index contributed by atoms with van der Waals surface area (Å²) in [4.78, 5) is 18.2. The SMILES string of the molecule is CC(C)Cc1ccc(CN2CCN(C)C(C(=O)O)C2)s1. The van der Waals surface area contributed by atoms with Gasteiger partial charge in [0.05, 0.1) is 0 Å². The lowest BCUT2D eigenvalue weighted by Gasteiger charge is -2.36. The van der Waals surface area contributed by atoms with Gasteiger partial charge in [-0.3, -0.25) is 14.6 Å². The second kappa shape index (κ2) is 6.70. The highest BCUT2D eigenvalue weighted by Gasteiger charge is 2.29. The molecule has 1 atom stereocenters. The van der Waals surface area contributed by atoms with E-state index >= 15 is 0 Å². The lowest BCUT2D eigenvalue weighted by molar-refractivity contribution is -0.145. The average Bonchev–Trinajstić information content (AvgIpc) is 2.77. The summed E-state index contributed by atoms with van der Waals surface area (Å²) in [6, 6.07) is 4.03. The standard InChI is InChI=1S/C15H24N2O2S/c1-11(2)8-12-4-5-13(20-12)9-17-7-6-16(3)14(10-17)15(18)19/h4-5,11,14H,6-10H2,1-3H3,(H,18,19). The number of piperazine rings is 1. The molecule has 2 heterocycles. The molecule has 0 radical (unpaired) electrons. The highest BCUT2D eigenvalue weighted by Crippen LogP contribution is 2.22. The van der Waals surface area contributed by atoms with Crippen molar-refractivity contribution < 1.29 is 9.90 Å². The third kappa shape index (κ3) is 4.04. The molecule has 1 aliphatic rings. The quantitative estimate of drug-likeness (QED) is 0.904. The van der Waals surface area contributed by atoms with E-state index in [1.807, 2.05) is 23.3 Å². The van der Waals surface area contributed by atoms with Gasteiger partial charge in [-0.2, -0.15) is 0 Å². The fourth-order valence-corrected chi connectivity index (χ4v) is 3.85. The van der Waals surface area contributed by atoms with Crippen LogP contribution in [0.25, 0.3) is 0 Å². The van der Waals surface area contributed by atoms with E-state index in [2.05, 4.69) is 30.9 Å². The summed E-state index contributed by atoms with van der Waals surface area (Å²) < 4.78 is 0. The Morgan fingerprint density at radius 3 is 2.75 bits per heavy atom. The molecule has 112 valence electrons. The molecule has 0 aromatic carbocycles. The Morgan fingerprint density at radius 1 is 1.40 bits per heavy atom. The maximum absolute atomic E-state index is 11.2. The summed E-state index contributed by atoms with van der Waals surface area (Å²) >= 11 is 1.86. The molecule has 4 nitrogen and oxygen atoms in total. The molecular weight excluding hydrogens is 272 g/mol. The molecule has 1 fully saturated rings. The van der Waals surface area contributed by atoms with E-state index in [4.69, 9.17) is 0 Å². The van der Waals surface area contributed by atoms with Crippen LogP contribution in [0.4, 0.5) is 0 Å². The van der Waals surface area contributed by atoms with Gasteiger partial charge in [0.2, 0.25) is 0 Å². The molecular formula is C15H24N2O2S. The second-order valence-corrected chi connectivity index (χ2v) is 7.29. The molecule has 1 saturated heterocycles. The lowest BCUT2D eigenvalue weighted by atomic mass is 10.1. The second-order valence-electron chi connectivity index (χ2n) is 6.04. The monoisotopic (exact) mass is 296 g/mol. The first-order chi connectivity index (χ1) is 9.45. The number of likely N-dealkylation sites (N-methyl/N-ethyl adjacent to an activating group) is 1.